The highest BCUT2D eigenvalue weighted by atomic mass is 35.5. The average Bonchev–Trinajstić information content (AvgIpc) is 2.98. The van der Waals surface area contributed by atoms with Crippen LogP contribution in [0, 0.1) is 0 Å². The number of amides is 1. The molecule has 0 spiro atoms. The molecule has 3 rings (SSSR count). The number of carbonyl (C=O) groups is 1. The van der Waals surface area contributed by atoms with Crippen LogP contribution in [0.3, 0.4) is 0 Å². The third-order valence-electron chi connectivity index (χ3n) is 2.92. The molecule has 0 aliphatic carbocycles. The second kappa shape index (κ2) is 6.58. The Morgan fingerprint density at radius 2 is 1.78 bits per heavy atom. The van der Waals surface area contributed by atoms with Crippen molar-refractivity contribution in [3.8, 4) is 11.5 Å². The summed E-state index contributed by atoms with van der Waals surface area (Å²) in [6.45, 7) is 0. The van der Waals surface area contributed by atoms with Crippen LogP contribution in [-0.4, -0.2) is 16.1 Å². The van der Waals surface area contributed by atoms with Gasteiger partial charge in [-0.1, -0.05) is 52.0 Å². The topological polar surface area (TPSA) is 68.0 Å². The molecule has 0 fully saturated rings. The number of aromatic nitrogens is 2. The summed E-state index contributed by atoms with van der Waals surface area (Å²) < 4.78 is 5.40. The lowest BCUT2D eigenvalue weighted by Crippen LogP contribution is -2.12. The fourth-order valence-corrected chi connectivity index (χ4v) is 2.45. The first-order chi connectivity index (χ1) is 11.0. The summed E-state index contributed by atoms with van der Waals surface area (Å²) in [7, 11) is 0. The van der Waals surface area contributed by atoms with Gasteiger partial charge in [-0.05, 0) is 30.3 Å². The van der Waals surface area contributed by atoms with E-state index < -0.39 is 5.91 Å². The van der Waals surface area contributed by atoms with E-state index in [0.29, 0.717) is 26.2 Å². The summed E-state index contributed by atoms with van der Waals surface area (Å²) in [4.78, 5) is 12.1. The molecule has 0 unspecified atom stereocenters. The first-order valence-electron chi connectivity index (χ1n) is 6.39. The van der Waals surface area contributed by atoms with E-state index in [0.717, 1.165) is 0 Å². The van der Waals surface area contributed by atoms with Gasteiger partial charge in [0, 0.05) is 5.02 Å². The van der Waals surface area contributed by atoms with Crippen molar-refractivity contribution in [2.24, 2.45) is 0 Å². The fourth-order valence-electron chi connectivity index (χ4n) is 1.85. The molecule has 8 heteroatoms. The van der Waals surface area contributed by atoms with Gasteiger partial charge in [-0.15, -0.1) is 5.10 Å². The Morgan fingerprint density at radius 1 is 1.00 bits per heavy atom. The van der Waals surface area contributed by atoms with Crippen LogP contribution < -0.4 is 5.32 Å². The Labute approximate surface area is 146 Å². The molecule has 0 atom stereocenters. The van der Waals surface area contributed by atoms with E-state index in [1.54, 1.807) is 42.5 Å². The number of hydrogen-bond acceptors (Lipinski definition) is 4. The van der Waals surface area contributed by atoms with Crippen LogP contribution in [0.25, 0.3) is 11.5 Å². The van der Waals surface area contributed by atoms with Crippen molar-refractivity contribution in [2.45, 2.75) is 0 Å². The lowest BCUT2D eigenvalue weighted by molar-refractivity contribution is 0.102. The number of carbonyl (C=O) groups excluding carboxylic acids is 1. The highest BCUT2D eigenvalue weighted by Crippen LogP contribution is 2.30. The summed E-state index contributed by atoms with van der Waals surface area (Å²) in [6.07, 6.45) is 0. The summed E-state index contributed by atoms with van der Waals surface area (Å²) in [5.74, 6) is -0.310. The Morgan fingerprint density at radius 3 is 2.57 bits per heavy atom. The van der Waals surface area contributed by atoms with Gasteiger partial charge in [0.2, 0.25) is 0 Å². The Bertz CT molecular complexity index is 880. The van der Waals surface area contributed by atoms with Crippen LogP contribution in [-0.2, 0) is 0 Å². The second-order valence-corrected chi connectivity index (χ2v) is 5.72. The summed E-state index contributed by atoms with van der Waals surface area (Å²) in [5.41, 5.74) is 0.777. The van der Waals surface area contributed by atoms with Crippen molar-refractivity contribution in [2.75, 3.05) is 5.32 Å². The summed E-state index contributed by atoms with van der Waals surface area (Å²) >= 11 is 18.0. The Hall–Kier alpha value is -2.08. The molecule has 1 aromatic heterocycles. The van der Waals surface area contributed by atoms with Crippen molar-refractivity contribution >= 4 is 46.7 Å². The number of hydrogen-bond donors (Lipinski definition) is 1. The molecule has 3 aromatic rings. The molecule has 5 nitrogen and oxygen atoms in total. The van der Waals surface area contributed by atoms with Gasteiger partial charge in [0.05, 0.1) is 21.2 Å². The molecule has 0 aliphatic rings. The molecule has 2 aromatic carbocycles. The van der Waals surface area contributed by atoms with Gasteiger partial charge in [0.1, 0.15) is 0 Å². The smallest absolute Gasteiger partial charge is 0.322 e. The molecule has 1 N–H and O–H groups in total. The normalized spacial score (nSPS) is 10.6. The number of halogens is 3. The van der Waals surface area contributed by atoms with Crippen molar-refractivity contribution in [1.82, 2.24) is 10.2 Å². The van der Waals surface area contributed by atoms with E-state index in [1.165, 1.54) is 0 Å². The molecule has 0 aliphatic heterocycles. The minimum Gasteiger partial charge on any atom is -0.403 e. The van der Waals surface area contributed by atoms with Crippen molar-refractivity contribution in [1.29, 1.82) is 0 Å². The maximum absolute atomic E-state index is 12.1. The van der Waals surface area contributed by atoms with Crippen LogP contribution >= 0.6 is 34.8 Å². The Kier molecular flexibility index (Phi) is 4.52. The number of benzene rings is 2. The Balaban J connectivity index is 1.84. The van der Waals surface area contributed by atoms with Gasteiger partial charge in [-0.2, -0.15) is 0 Å². The van der Waals surface area contributed by atoms with Crippen LogP contribution in [0.5, 0.6) is 0 Å². The van der Waals surface area contributed by atoms with Crippen LogP contribution in [0.1, 0.15) is 10.4 Å². The lowest BCUT2D eigenvalue weighted by Gasteiger charge is -2.02. The van der Waals surface area contributed by atoms with Gasteiger partial charge in [-0.3, -0.25) is 10.1 Å². The average molecular weight is 369 g/mol. The van der Waals surface area contributed by atoms with E-state index in [4.69, 9.17) is 39.2 Å². The van der Waals surface area contributed by atoms with E-state index in [2.05, 4.69) is 15.5 Å². The van der Waals surface area contributed by atoms with E-state index in [1.807, 2.05) is 0 Å². The van der Waals surface area contributed by atoms with E-state index in [-0.39, 0.29) is 11.9 Å². The third kappa shape index (κ3) is 3.47. The van der Waals surface area contributed by atoms with E-state index in [9.17, 15) is 4.79 Å². The minimum atomic E-state index is -0.456. The zero-order valence-corrected chi connectivity index (χ0v) is 13.7. The van der Waals surface area contributed by atoms with Crippen LogP contribution in [0.4, 0.5) is 6.01 Å². The lowest BCUT2D eigenvalue weighted by atomic mass is 10.2. The van der Waals surface area contributed by atoms with E-state index >= 15 is 0 Å². The molecule has 23 heavy (non-hydrogen) atoms. The van der Waals surface area contributed by atoms with Crippen LogP contribution in [0.2, 0.25) is 15.1 Å². The first-order valence-corrected chi connectivity index (χ1v) is 7.53. The third-order valence-corrected chi connectivity index (χ3v) is 3.82. The SMILES string of the molecule is O=C(Nc1nnc(-c2cc(Cl)ccc2Cl)o1)c1ccccc1Cl. The molecule has 1 amide bonds. The highest BCUT2D eigenvalue weighted by Gasteiger charge is 2.16. The number of rotatable bonds is 3. The fraction of sp³-hybridized carbons (Fsp3) is 0. The largest absolute Gasteiger partial charge is 0.403 e. The van der Waals surface area contributed by atoms with Crippen molar-refractivity contribution in [3.05, 3.63) is 63.1 Å². The minimum absolute atomic E-state index is 0.0686. The summed E-state index contributed by atoms with van der Waals surface area (Å²) in [6, 6.07) is 11.4. The predicted molar refractivity (Wildman–Crippen MR) is 89.2 cm³/mol. The van der Waals surface area contributed by atoms with Crippen molar-refractivity contribution in [3.63, 3.8) is 0 Å². The van der Waals surface area contributed by atoms with Gasteiger partial charge in [-0.25, -0.2) is 0 Å². The molecule has 0 saturated heterocycles. The standard InChI is InChI=1S/C15H8Cl3N3O2/c16-8-5-6-12(18)10(7-8)14-20-21-15(23-14)19-13(22)9-3-1-2-4-11(9)17/h1-7H,(H,19,21,22). The van der Waals surface area contributed by atoms with Crippen LogP contribution in [0.15, 0.2) is 46.9 Å². The maximum Gasteiger partial charge on any atom is 0.322 e. The molecule has 1 heterocycles. The van der Waals surface area contributed by atoms with Gasteiger partial charge >= 0.3 is 6.01 Å². The number of anilines is 1. The zero-order chi connectivity index (χ0) is 16.4. The molecule has 0 saturated carbocycles. The molecule has 116 valence electrons. The van der Waals surface area contributed by atoms with Gasteiger partial charge in [0.15, 0.2) is 0 Å². The van der Waals surface area contributed by atoms with Gasteiger partial charge in [0.25, 0.3) is 11.8 Å². The quantitative estimate of drug-likeness (QED) is 0.710. The molecular weight excluding hydrogens is 361 g/mol. The number of nitrogens with one attached hydrogen (secondary N) is 1. The highest BCUT2D eigenvalue weighted by molar-refractivity contribution is 6.35. The molecule has 0 radical (unpaired) electrons. The first kappa shape index (κ1) is 15.8. The predicted octanol–water partition coefficient (Wildman–Crippen LogP) is 4.95. The maximum atomic E-state index is 12.1. The van der Waals surface area contributed by atoms with Gasteiger partial charge < -0.3 is 4.42 Å². The number of nitrogens with zero attached hydrogens (tertiary/aromatic N) is 2. The monoisotopic (exact) mass is 367 g/mol. The van der Waals surface area contributed by atoms with Crippen molar-refractivity contribution < 1.29 is 9.21 Å². The molecule has 0 bridgehead atoms. The zero-order valence-electron chi connectivity index (χ0n) is 11.4. The second-order valence-electron chi connectivity index (χ2n) is 4.47. The molecular formula is C15H8Cl3N3O2. The summed E-state index contributed by atoms with van der Waals surface area (Å²) in [5, 5.41) is 11.3.